The zero-order chi connectivity index (χ0) is 28.5. The number of carbonyl (C=O) groups is 1. The lowest BCUT2D eigenvalue weighted by Gasteiger charge is -2.31. The Morgan fingerprint density at radius 3 is 2.66 bits per heavy atom. The van der Waals surface area contributed by atoms with E-state index in [4.69, 9.17) is 0 Å². The quantitative estimate of drug-likeness (QED) is 0.324. The maximum atomic E-state index is 14.2. The highest BCUT2D eigenvalue weighted by Crippen LogP contribution is 2.33. The number of likely N-dealkylation sites (tertiary alicyclic amines) is 1. The predicted octanol–water partition coefficient (Wildman–Crippen LogP) is 3.32. The number of imidazole rings is 1. The second kappa shape index (κ2) is 11.9. The van der Waals surface area contributed by atoms with Crippen LogP contribution in [-0.4, -0.2) is 90.4 Å². The van der Waals surface area contributed by atoms with Crippen LogP contribution in [0.15, 0.2) is 46.5 Å². The van der Waals surface area contributed by atoms with Gasteiger partial charge in [-0.05, 0) is 56.0 Å². The fraction of sp³-hybridized carbons (Fsp3) is 0.429. The van der Waals surface area contributed by atoms with Gasteiger partial charge in [-0.1, -0.05) is 6.07 Å². The highest BCUT2D eigenvalue weighted by atomic mass is 32.2. The van der Waals surface area contributed by atoms with Gasteiger partial charge in [0.05, 0.1) is 0 Å². The first-order chi connectivity index (χ1) is 19.9. The number of thiazole rings is 1. The van der Waals surface area contributed by atoms with Crippen molar-refractivity contribution in [3.8, 4) is 16.5 Å². The molecule has 13 heteroatoms. The lowest BCUT2D eigenvalue weighted by atomic mass is 10.1. The second-order valence-corrected chi connectivity index (χ2v) is 12.8. The summed E-state index contributed by atoms with van der Waals surface area (Å²) in [6, 6.07) is 4.84. The lowest BCUT2D eigenvalue weighted by molar-refractivity contribution is -0.132. The standard InChI is InChI=1S/C28H32FN7O3S2/c1-32-9-12-35(13-10-32)41-22-16-20(29)6-5-19(22)15-21-17-30-26(40-21)24-25(38)27(39)36-14-11-34(28(36)31-24)18-23(37)33-7-3-2-4-8-33/h5-6,11,14,16-17,38H,2-4,7-10,12-13,15,18H2,1H3. The van der Waals surface area contributed by atoms with Gasteiger partial charge in [-0.25, -0.2) is 23.1 Å². The lowest BCUT2D eigenvalue weighted by Crippen LogP contribution is -2.41. The Balaban J connectivity index is 1.24. The number of piperidine rings is 1. The van der Waals surface area contributed by atoms with Gasteiger partial charge in [0.15, 0.2) is 5.69 Å². The Hall–Kier alpha value is -3.26. The van der Waals surface area contributed by atoms with E-state index in [1.165, 1.54) is 28.0 Å². The number of likely N-dealkylation sites (N-methyl/N-ethyl adjacent to an activating group) is 1. The van der Waals surface area contributed by atoms with Crippen LogP contribution in [0.3, 0.4) is 0 Å². The van der Waals surface area contributed by atoms with Crippen molar-refractivity contribution >= 4 is 35.0 Å². The molecule has 5 heterocycles. The monoisotopic (exact) mass is 597 g/mol. The number of aromatic nitrogens is 4. The van der Waals surface area contributed by atoms with Crippen molar-refractivity contribution in [1.29, 1.82) is 0 Å². The van der Waals surface area contributed by atoms with Crippen LogP contribution in [0.2, 0.25) is 0 Å². The molecule has 1 N–H and O–H groups in total. The van der Waals surface area contributed by atoms with E-state index in [1.807, 2.05) is 4.90 Å². The van der Waals surface area contributed by atoms with Crippen molar-refractivity contribution in [1.82, 2.24) is 33.0 Å². The summed E-state index contributed by atoms with van der Waals surface area (Å²) in [4.78, 5) is 40.8. The third-order valence-electron chi connectivity index (χ3n) is 7.58. The minimum atomic E-state index is -0.615. The molecule has 2 saturated heterocycles. The Bertz CT molecular complexity index is 1620. The smallest absolute Gasteiger partial charge is 0.302 e. The van der Waals surface area contributed by atoms with E-state index < -0.39 is 11.3 Å². The van der Waals surface area contributed by atoms with E-state index in [1.54, 1.807) is 41.0 Å². The van der Waals surface area contributed by atoms with Crippen LogP contribution in [0.1, 0.15) is 29.7 Å². The highest BCUT2D eigenvalue weighted by Gasteiger charge is 2.22. The molecule has 10 nitrogen and oxygen atoms in total. The Morgan fingerprint density at radius 1 is 1.10 bits per heavy atom. The van der Waals surface area contributed by atoms with Gasteiger partial charge in [-0.3, -0.25) is 9.59 Å². The minimum absolute atomic E-state index is 0.0206. The molecular weight excluding hydrogens is 565 g/mol. The number of aromatic hydroxyl groups is 1. The molecule has 0 bridgehead atoms. The van der Waals surface area contributed by atoms with Crippen LogP contribution in [-0.2, 0) is 17.8 Å². The van der Waals surface area contributed by atoms with Crippen LogP contribution in [0.25, 0.3) is 16.5 Å². The van der Waals surface area contributed by atoms with E-state index in [0.29, 0.717) is 11.4 Å². The van der Waals surface area contributed by atoms with Crippen LogP contribution >= 0.6 is 23.3 Å². The molecule has 2 aliphatic heterocycles. The number of halogens is 1. The molecule has 41 heavy (non-hydrogen) atoms. The van der Waals surface area contributed by atoms with Crippen molar-refractivity contribution in [3.05, 3.63) is 63.4 Å². The molecule has 0 saturated carbocycles. The number of rotatable bonds is 7. The Kier molecular flexibility index (Phi) is 8.11. The third-order valence-corrected chi connectivity index (χ3v) is 9.78. The predicted molar refractivity (Wildman–Crippen MR) is 157 cm³/mol. The van der Waals surface area contributed by atoms with Gasteiger partial charge >= 0.3 is 5.56 Å². The van der Waals surface area contributed by atoms with Crippen LogP contribution in [0.4, 0.5) is 4.39 Å². The Labute approximate surface area is 245 Å². The molecule has 6 rings (SSSR count). The van der Waals surface area contributed by atoms with Gasteiger partial charge in [0, 0.05) is 74.1 Å². The van der Waals surface area contributed by atoms with E-state index in [9.17, 15) is 19.1 Å². The zero-order valence-electron chi connectivity index (χ0n) is 22.8. The minimum Gasteiger partial charge on any atom is -0.501 e. The average Bonchev–Trinajstić information content (AvgIpc) is 3.61. The number of benzene rings is 1. The summed E-state index contributed by atoms with van der Waals surface area (Å²) in [6.07, 6.45) is 8.49. The molecule has 4 aromatic rings. The zero-order valence-corrected chi connectivity index (χ0v) is 24.5. The topological polar surface area (TPSA) is 99.2 Å². The van der Waals surface area contributed by atoms with E-state index in [2.05, 4.69) is 26.2 Å². The number of hydrogen-bond donors (Lipinski definition) is 1. The number of fused-ring (bicyclic) bond motifs is 1. The summed E-state index contributed by atoms with van der Waals surface area (Å²) in [5, 5.41) is 11.2. The molecule has 0 aliphatic carbocycles. The van der Waals surface area contributed by atoms with Gasteiger partial charge in [0.2, 0.25) is 17.4 Å². The number of amides is 1. The van der Waals surface area contributed by atoms with Gasteiger partial charge in [0.25, 0.3) is 0 Å². The maximum Gasteiger partial charge on any atom is 0.302 e. The van der Waals surface area contributed by atoms with Gasteiger partial charge < -0.3 is 19.5 Å². The number of carbonyl (C=O) groups excluding carboxylic acids is 1. The molecular formula is C28H32FN7O3S2. The molecule has 3 aromatic heterocycles. The van der Waals surface area contributed by atoms with Crippen LogP contribution < -0.4 is 5.56 Å². The number of hydrogen-bond acceptors (Lipinski definition) is 9. The maximum absolute atomic E-state index is 14.2. The first-order valence-electron chi connectivity index (χ1n) is 13.8. The van der Waals surface area contributed by atoms with Gasteiger partial charge in [0.1, 0.15) is 17.4 Å². The first kappa shape index (κ1) is 27.9. The molecule has 2 fully saturated rings. The fourth-order valence-corrected chi connectivity index (χ4v) is 7.16. The molecule has 0 atom stereocenters. The largest absolute Gasteiger partial charge is 0.501 e. The number of nitrogens with zero attached hydrogens (tertiary/aromatic N) is 7. The van der Waals surface area contributed by atoms with Crippen molar-refractivity contribution in [2.45, 2.75) is 37.1 Å². The van der Waals surface area contributed by atoms with E-state index in [-0.39, 0.29) is 29.7 Å². The summed E-state index contributed by atoms with van der Waals surface area (Å²) >= 11 is 2.90. The first-order valence-corrected chi connectivity index (χ1v) is 15.4. The molecule has 2 aliphatic rings. The second-order valence-electron chi connectivity index (χ2n) is 10.5. The summed E-state index contributed by atoms with van der Waals surface area (Å²) < 4.78 is 19.3. The molecule has 216 valence electrons. The van der Waals surface area contributed by atoms with E-state index >= 15 is 0 Å². The van der Waals surface area contributed by atoms with Gasteiger partial charge in [-0.15, -0.1) is 11.3 Å². The average molecular weight is 598 g/mol. The summed E-state index contributed by atoms with van der Waals surface area (Å²) in [5.41, 5.74) is 0.446. The summed E-state index contributed by atoms with van der Waals surface area (Å²) in [7, 11) is 2.10. The SMILES string of the molecule is CN1CCN(Sc2cc(F)ccc2Cc2cnc(-c3nc4n(CC(=O)N5CCCCC5)ccn4c(=O)c3O)s2)CC1. The van der Waals surface area contributed by atoms with Crippen molar-refractivity contribution in [2.75, 3.05) is 46.3 Å². The molecule has 0 radical (unpaired) electrons. The summed E-state index contributed by atoms with van der Waals surface area (Å²) in [6.45, 7) is 5.27. The summed E-state index contributed by atoms with van der Waals surface area (Å²) in [5.74, 6) is -0.515. The molecule has 1 aromatic carbocycles. The third kappa shape index (κ3) is 6.03. The van der Waals surface area contributed by atoms with Crippen molar-refractivity contribution in [2.24, 2.45) is 0 Å². The van der Waals surface area contributed by atoms with Crippen molar-refractivity contribution < 1.29 is 14.3 Å². The van der Waals surface area contributed by atoms with Crippen LogP contribution in [0.5, 0.6) is 5.75 Å². The molecule has 0 spiro atoms. The van der Waals surface area contributed by atoms with Crippen LogP contribution in [0, 0.1) is 5.82 Å². The molecule has 1 amide bonds. The Morgan fingerprint density at radius 2 is 1.88 bits per heavy atom. The fourth-order valence-electron chi connectivity index (χ4n) is 5.19. The molecule has 0 unspecified atom stereocenters. The highest BCUT2D eigenvalue weighted by molar-refractivity contribution is 7.97. The van der Waals surface area contributed by atoms with Gasteiger partial charge in [-0.2, -0.15) is 0 Å². The van der Waals surface area contributed by atoms with E-state index in [0.717, 1.165) is 73.9 Å². The van der Waals surface area contributed by atoms with Crippen molar-refractivity contribution in [3.63, 3.8) is 0 Å². The number of piperazine rings is 1. The normalized spacial score (nSPS) is 17.0.